The molecule has 2 aromatic heterocycles. The third-order valence-corrected chi connectivity index (χ3v) is 4.02. The Balaban J connectivity index is 0.00000288. The highest BCUT2D eigenvalue weighted by Gasteiger charge is 2.02. The minimum Gasteiger partial charge on any atom is -0.469 e. The summed E-state index contributed by atoms with van der Waals surface area (Å²) in [5.74, 6) is 1.77. The second-order valence-corrected chi connectivity index (χ2v) is 6.74. The van der Waals surface area contributed by atoms with Crippen molar-refractivity contribution in [2.75, 3.05) is 19.6 Å². The Labute approximate surface area is 164 Å². The smallest absolute Gasteiger partial charge is 0.191 e. The van der Waals surface area contributed by atoms with Gasteiger partial charge in [0.1, 0.15) is 5.76 Å². The van der Waals surface area contributed by atoms with E-state index in [1.807, 2.05) is 25.3 Å². The Kier molecular flexibility index (Phi) is 9.70. The van der Waals surface area contributed by atoms with Crippen LogP contribution in [-0.2, 0) is 12.8 Å². The number of aromatic nitrogens is 1. The van der Waals surface area contributed by atoms with Crippen molar-refractivity contribution in [3.63, 3.8) is 0 Å². The van der Waals surface area contributed by atoms with Gasteiger partial charge in [0, 0.05) is 37.0 Å². The Hall–Kier alpha value is -1.35. The number of guanidine groups is 1. The van der Waals surface area contributed by atoms with Crippen LogP contribution in [0.4, 0.5) is 0 Å². The number of nitrogens with one attached hydrogen (secondary N) is 2. The fraction of sp³-hybridized carbons (Fsp3) is 0.412. The standard InChI is InChI=1S/C17H24N4OS.HI/c1-13(2)11-21-17(18-8-6-15-5-4-10-22-15)19-9-7-16-20-12-14(3)23-16;/h4-5,10,12H,1,6-9,11H2,2-3H3,(H2,18,19,21);1H. The summed E-state index contributed by atoms with van der Waals surface area (Å²) in [4.78, 5) is 10.1. The number of aryl methyl sites for hydroxylation is 1. The monoisotopic (exact) mass is 460 g/mol. The van der Waals surface area contributed by atoms with Crippen LogP contribution in [-0.4, -0.2) is 30.6 Å². The second kappa shape index (κ2) is 11.2. The molecule has 0 fully saturated rings. The lowest BCUT2D eigenvalue weighted by atomic mass is 10.3. The molecule has 5 nitrogen and oxygen atoms in total. The van der Waals surface area contributed by atoms with E-state index in [0.717, 1.165) is 48.2 Å². The molecule has 2 rings (SSSR count). The van der Waals surface area contributed by atoms with Crippen LogP contribution in [0.1, 0.15) is 22.6 Å². The quantitative estimate of drug-likeness (QED) is 0.274. The van der Waals surface area contributed by atoms with Gasteiger partial charge in [-0.3, -0.25) is 0 Å². The lowest BCUT2D eigenvalue weighted by Crippen LogP contribution is -2.39. The maximum Gasteiger partial charge on any atom is 0.191 e. The molecule has 0 bridgehead atoms. The molecule has 0 atom stereocenters. The first-order valence-electron chi connectivity index (χ1n) is 7.74. The fourth-order valence-electron chi connectivity index (χ4n) is 1.95. The molecular formula is C17H25IN4OS. The molecular weight excluding hydrogens is 435 g/mol. The Morgan fingerprint density at radius 1 is 1.33 bits per heavy atom. The molecule has 0 aliphatic heterocycles. The topological polar surface area (TPSA) is 62.5 Å². The van der Waals surface area contributed by atoms with E-state index in [-0.39, 0.29) is 24.0 Å². The summed E-state index contributed by atoms with van der Waals surface area (Å²) in [5.41, 5.74) is 1.03. The first-order chi connectivity index (χ1) is 11.1. The van der Waals surface area contributed by atoms with Crippen molar-refractivity contribution in [2.45, 2.75) is 26.7 Å². The van der Waals surface area contributed by atoms with E-state index in [2.05, 4.69) is 34.1 Å². The highest BCUT2D eigenvalue weighted by Crippen LogP contribution is 2.10. The second-order valence-electron chi connectivity index (χ2n) is 5.42. The third-order valence-electron chi connectivity index (χ3n) is 3.05. The summed E-state index contributed by atoms with van der Waals surface area (Å²) >= 11 is 1.74. The van der Waals surface area contributed by atoms with Crippen LogP contribution in [0.3, 0.4) is 0 Å². The number of nitrogens with zero attached hydrogens (tertiary/aromatic N) is 2. The van der Waals surface area contributed by atoms with Gasteiger partial charge in [-0.1, -0.05) is 12.2 Å². The molecule has 0 unspecified atom stereocenters. The number of furan rings is 1. The Morgan fingerprint density at radius 3 is 2.67 bits per heavy atom. The first kappa shape index (κ1) is 20.7. The molecule has 0 amide bonds. The van der Waals surface area contributed by atoms with Gasteiger partial charge < -0.3 is 15.1 Å². The normalized spacial score (nSPS) is 11.0. The Bertz CT molecular complexity index is 637. The number of hydrogen-bond acceptors (Lipinski definition) is 4. The molecule has 2 N–H and O–H groups in total. The van der Waals surface area contributed by atoms with E-state index in [1.54, 1.807) is 17.6 Å². The van der Waals surface area contributed by atoms with E-state index in [0.29, 0.717) is 6.54 Å². The molecule has 132 valence electrons. The molecule has 2 heterocycles. The van der Waals surface area contributed by atoms with Gasteiger partial charge in [-0.2, -0.15) is 0 Å². The first-order valence-corrected chi connectivity index (χ1v) is 8.55. The largest absolute Gasteiger partial charge is 0.469 e. The molecule has 0 saturated carbocycles. The van der Waals surface area contributed by atoms with Gasteiger partial charge in [-0.25, -0.2) is 9.98 Å². The molecule has 0 radical (unpaired) electrons. The molecule has 24 heavy (non-hydrogen) atoms. The summed E-state index contributed by atoms with van der Waals surface area (Å²) in [6.07, 6.45) is 5.33. The lowest BCUT2D eigenvalue weighted by molar-refractivity contribution is 0.507. The minimum absolute atomic E-state index is 0. The number of rotatable bonds is 8. The van der Waals surface area contributed by atoms with Gasteiger partial charge in [0.2, 0.25) is 0 Å². The SMILES string of the molecule is C=C(C)CN=C(NCCc1ccco1)NCCc1ncc(C)s1.I. The van der Waals surface area contributed by atoms with E-state index in [9.17, 15) is 0 Å². The molecule has 0 aliphatic rings. The van der Waals surface area contributed by atoms with Crippen LogP contribution < -0.4 is 10.6 Å². The van der Waals surface area contributed by atoms with Gasteiger partial charge in [0.05, 0.1) is 17.8 Å². The fourth-order valence-corrected chi connectivity index (χ4v) is 2.74. The zero-order chi connectivity index (χ0) is 16.5. The summed E-state index contributed by atoms with van der Waals surface area (Å²) < 4.78 is 5.33. The van der Waals surface area contributed by atoms with E-state index < -0.39 is 0 Å². The van der Waals surface area contributed by atoms with Gasteiger partial charge in [-0.15, -0.1) is 35.3 Å². The summed E-state index contributed by atoms with van der Waals surface area (Å²) in [6.45, 7) is 10.1. The minimum atomic E-state index is 0. The molecule has 0 spiro atoms. The Morgan fingerprint density at radius 2 is 2.08 bits per heavy atom. The number of hydrogen-bond donors (Lipinski definition) is 2. The van der Waals surface area contributed by atoms with E-state index in [4.69, 9.17) is 4.42 Å². The van der Waals surface area contributed by atoms with Crippen molar-refractivity contribution in [1.29, 1.82) is 0 Å². The number of halogens is 1. The van der Waals surface area contributed by atoms with Crippen molar-refractivity contribution < 1.29 is 4.42 Å². The van der Waals surface area contributed by atoms with Crippen LogP contribution in [0.25, 0.3) is 0 Å². The van der Waals surface area contributed by atoms with Crippen molar-refractivity contribution >= 4 is 41.3 Å². The maximum atomic E-state index is 5.33. The highest BCUT2D eigenvalue weighted by molar-refractivity contribution is 14.0. The predicted octanol–water partition coefficient (Wildman–Crippen LogP) is 3.56. The van der Waals surface area contributed by atoms with Crippen molar-refractivity contribution in [3.8, 4) is 0 Å². The van der Waals surface area contributed by atoms with Crippen LogP contribution >= 0.6 is 35.3 Å². The van der Waals surface area contributed by atoms with Crippen molar-refractivity contribution in [2.24, 2.45) is 4.99 Å². The third kappa shape index (κ3) is 7.96. The van der Waals surface area contributed by atoms with Crippen molar-refractivity contribution in [1.82, 2.24) is 15.6 Å². The van der Waals surface area contributed by atoms with Gasteiger partial charge in [-0.05, 0) is 26.0 Å². The predicted molar refractivity (Wildman–Crippen MR) is 112 cm³/mol. The lowest BCUT2D eigenvalue weighted by Gasteiger charge is -2.11. The molecule has 0 aliphatic carbocycles. The maximum absolute atomic E-state index is 5.33. The van der Waals surface area contributed by atoms with Crippen LogP contribution in [0, 0.1) is 6.92 Å². The number of aliphatic imine (C=N–C) groups is 1. The van der Waals surface area contributed by atoms with Crippen molar-refractivity contribution in [3.05, 3.63) is 52.4 Å². The molecule has 0 saturated heterocycles. The van der Waals surface area contributed by atoms with Crippen LogP contribution in [0.5, 0.6) is 0 Å². The summed E-state index contributed by atoms with van der Waals surface area (Å²) in [6, 6.07) is 3.88. The summed E-state index contributed by atoms with van der Waals surface area (Å²) in [5, 5.41) is 7.82. The van der Waals surface area contributed by atoms with Crippen LogP contribution in [0.15, 0.2) is 46.2 Å². The molecule has 2 aromatic rings. The number of thiazole rings is 1. The van der Waals surface area contributed by atoms with Gasteiger partial charge in [0.25, 0.3) is 0 Å². The zero-order valence-corrected chi connectivity index (χ0v) is 17.3. The van der Waals surface area contributed by atoms with E-state index in [1.165, 1.54) is 4.88 Å². The van der Waals surface area contributed by atoms with Gasteiger partial charge >= 0.3 is 0 Å². The van der Waals surface area contributed by atoms with E-state index >= 15 is 0 Å². The molecule has 0 aromatic carbocycles. The van der Waals surface area contributed by atoms with Crippen LogP contribution in [0.2, 0.25) is 0 Å². The van der Waals surface area contributed by atoms with Gasteiger partial charge in [0.15, 0.2) is 5.96 Å². The molecule has 7 heteroatoms. The average Bonchev–Trinajstić information content (AvgIpc) is 3.16. The summed E-state index contributed by atoms with van der Waals surface area (Å²) in [7, 11) is 0. The zero-order valence-electron chi connectivity index (χ0n) is 14.2. The highest BCUT2D eigenvalue weighted by atomic mass is 127. The average molecular weight is 460 g/mol.